The van der Waals surface area contributed by atoms with Gasteiger partial charge in [0.2, 0.25) is 0 Å². The second-order valence-electron chi connectivity index (χ2n) is 6.59. The smallest absolute Gasteiger partial charge is 0.268 e. The summed E-state index contributed by atoms with van der Waals surface area (Å²) >= 11 is 4.88. The van der Waals surface area contributed by atoms with Crippen molar-refractivity contribution in [3.8, 4) is 0 Å². The maximum atomic E-state index is 12.3. The largest absolute Gasteiger partial charge is 0.308 e. The Kier molecular flexibility index (Phi) is 3.96. The summed E-state index contributed by atoms with van der Waals surface area (Å²) in [6.07, 6.45) is 3.45. The molecule has 4 nitrogen and oxygen atoms in total. The number of rotatable bonds is 1. The monoisotopic (exact) mass is 369 g/mol. The summed E-state index contributed by atoms with van der Waals surface area (Å²) in [6.45, 7) is 7.73. The molecular formula is C15H20BrN3OS. The second-order valence-corrected chi connectivity index (χ2v) is 9.02. The number of aromatic nitrogens is 2. The lowest BCUT2D eigenvalue weighted by molar-refractivity contribution is 0.0465. The van der Waals surface area contributed by atoms with Crippen LogP contribution in [0.15, 0.2) is 14.6 Å². The zero-order valence-electron chi connectivity index (χ0n) is 12.6. The number of likely N-dealkylation sites (tertiary alicyclic amines) is 1. The number of hydrogen-bond acceptors (Lipinski definition) is 4. The van der Waals surface area contributed by atoms with Crippen LogP contribution < -0.4 is 5.56 Å². The van der Waals surface area contributed by atoms with Gasteiger partial charge in [0.1, 0.15) is 10.5 Å². The normalized spacial score (nSPS) is 21.0. The number of piperidine rings is 1. The molecule has 0 amide bonds. The van der Waals surface area contributed by atoms with E-state index in [1.165, 1.54) is 24.2 Å². The highest BCUT2D eigenvalue weighted by Crippen LogP contribution is 2.35. The SMILES string of the molecule is CC(C)(C)N1CCCC[C@H]1c1nc2cc(Br)sc2c(=O)[nH]1. The number of aromatic amines is 1. The molecule has 1 fully saturated rings. The van der Waals surface area contributed by atoms with Crippen LogP contribution in [0.2, 0.25) is 0 Å². The van der Waals surface area contributed by atoms with Crippen molar-refractivity contribution in [3.63, 3.8) is 0 Å². The highest BCUT2D eigenvalue weighted by Gasteiger charge is 2.33. The molecule has 0 bridgehead atoms. The fourth-order valence-corrected chi connectivity index (χ4v) is 4.53. The number of thiophene rings is 1. The molecule has 1 aliphatic heterocycles. The average molecular weight is 370 g/mol. The summed E-state index contributed by atoms with van der Waals surface area (Å²) in [7, 11) is 0. The highest BCUT2D eigenvalue weighted by atomic mass is 79.9. The van der Waals surface area contributed by atoms with Crippen LogP contribution in [0, 0.1) is 0 Å². The molecule has 1 atom stereocenters. The van der Waals surface area contributed by atoms with E-state index >= 15 is 0 Å². The van der Waals surface area contributed by atoms with Crippen molar-refractivity contribution in [2.45, 2.75) is 51.6 Å². The van der Waals surface area contributed by atoms with Gasteiger partial charge in [-0.05, 0) is 62.2 Å². The minimum absolute atomic E-state index is 0.0230. The predicted octanol–water partition coefficient (Wildman–Crippen LogP) is 4.07. The van der Waals surface area contributed by atoms with Gasteiger partial charge in [0.15, 0.2) is 0 Å². The van der Waals surface area contributed by atoms with Crippen molar-refractivity contribution in [2.24, 2.45) is 0 Å². The van der Waals surface area contributed by atoms with Crippen LogP contribution in [-0.4, -0.2) is 27.0 Å². The van der Waals surface area contributed by atoms with Gasteiger partial charge in [-0.1, -0.05) is 6.42 Å². The number of halogens is 1. The number of nitrogens with one attached hydrogen (secondary N) is 1. The van der Waals surface area contributed by atoms with Gasteiger partial charge in [-0.15, -0.1) is 11.3 Å². The molecule has 114 valence electrons. The van der Waals surface area contributed by atoms with Crippen LogP contribution in [0.4, 0.5) is 0 Å². The van der Waals surface area contributed by atoms with Gasteiger partial charge >= 0.3 is 0 Å². The second kappa shape index (κ2) is 5.48. The first kappa shape index (κ1) is 15.2. The van der Waals surface area contributed by atoms with Crippen molar-refractivity contribution < 1.29 is 0 Å². The minimum atomic E-state index is -0.0230. The molecule has 0 saturated carbocycles. The van der Waals surface area contributed by atoms with Crippen molar-refractivity contribution in [1.29, 1.82) is 0 Å². The fourth-order valence-electron chi connectivity index (χ4n) is 3.11. The van der Waals surface area contributed by atoms with Gasteiger partial charge in [0, 0.05) is 5.54 Å². The number of hydrogen-bond donors (Lipinski definition) is 1. The van der Waals surface area contributed by atoms with Gasteiger partial charge in [-0.3, -0.25) is 9.69 Å². The van der Waals surface area contributed by atoms with Crippen LogP contribution in [0.1, 0.15) is 51.9 Å². The first-order chi connectivity index (χ1) is 9.86. The van der Waals surface area contributed by atoms with E-state index in [1.807, 2.05) is 6.07 Å². The van der Waals surface area contributed by atoms with Gasteiger partial charge in [-0.2, -0.15) is 0 Å². The Morgan fingerprint density at radius 3 is 2.90 bits per heavy atom. The lowest BCUT2D eigenvalue weighted by Crippen LogP contribution is -2.47. The Morgan fingerprint density at radius 2 is 2.19 bits per heavy atom. The van der Waals surface area contributed by atoms with E-state index in [0.717, 1.165) is 28.1 Å². The van der Waals surface area contributed by atoms with Crippen LogP contribution >= 0.6 is 27.3 Å². The lowest BCUT2D eigenvalue weighted by Gasteiger charge is -2.44. The molecule has 0 aromatic carbocycles. The quantitative estimate of drug-likeness (QED) is 0.823. The maximum absolute atomic E-state index is 12.3. The Labute approximate surface area is 136 Å². The molecule has 3 rings (SSSR count). The Morgan fingerprint density at radius 1 is 1.43 bits per heavy atom. The third kappa shape index (κ3) is 2.94. The molecule has 1 N–H and O–H groups in total. The van der Waals surface area contributed by atoms with Crippen molar-refractivity contribution >= 4 is 37.5 Å². The third-order valence-electron chi connectivity index (χ3n) is 4.05. The first-order valence-corrected chi connectivity index (χ1v) is 8.93. The third-order valence-corrected chi connectivity index (χ3v) is 5.68. The Balaban J connectivity index is 2.07. The first-order valence-electron chi connectivity index (χ1n) is 7.32. The summed E-state index contributed by atoms with van der Waals surface area (Å²) in [5, 5.41) is 0. The maximum Gasteiger partial charge on any atom is 0.268 e. The average Bonchev–Trinajstić information content (AvgIpc) is 2.79. The van der Waals surface area contributed by atoms with E-state index in [0.29, 0.717) is 4.70 Å². The number of H-pyrrole nitrogens is 1. The fraction of sp³-hybridized carbons (Fsp3) is 0.600. The Hall–Kier alpha value is -0.720. The van der Waals surface area contributed by atoms with Crippen molar-refractivity contribution in [3.05, 3.63) is 26.0 Å². The van der Waals surface area contributed by atoms with Gasteiger partial charge < -0.3 is 4.98 Å². The summed E-state index contributed by atoms with van der Waals surface area (Å²) in [6, 6.07) is 2.14. The van der Waals surface area contributed by atoms with Crippen molar-refractivity contribution in [1.82, 2.24) is 14.9 Å². The van der Waals surface area contributed by atoms with Crippen LogP contribution in [0.25, 0.3) is 10.2 Å². The summed E-state index contributed by atoms with van der Waals surface area (Å²) in [5.74, 6) is 0.812. The van der Waals surface area contributed by atoms with E-state index in [-0.39, 0.29) is 17.1 Å². The molecule has 6 heteroatoms. The van der Waals surface area contributed by atoms with E-state index in [2.05, 4.69) is 46.6 Å². The van der Waals surface area contributed by atoms with E-state index in [1.54, 1.807) is 0 Å². The molecule has 21 heavy (non-hydrogen) atoms. The molecular weight excluding hydrogens is 350 g/mol. The van der Waals surface area contributed by atoms with Crippen LogP contribution in [0.5, 0.6) is 0 Å². The molecule has 3 heterocycles. The minimum Gasteiger partial charge on any atom is -0.308 e. The van der Waals surface area contributed by atoms with Crippen molar-refractivity contribution in [2.75, 3.05) is 6.54 Å². The molecule has 0 spiro atoms. The molecule has 2 aromatic heterocycles. The van der Waals surface area contributed by atoms with Crippen LogP contribution in [-0.2, 0) is 0 Å². The van der Waals surface area contributed by atoms with Gasteiger partial charge in [0.25, 0.3) is 5.56 Å². The zero-order valence-corrected chi connectivity index (χ0v) is 15.0. The topological polar surface area (TPSA) is 49.0 Å². The Bertz CT molecular complexity index is 716. The number of nitrogens with zero attached hydrogens (tertiary/aromatic N) is 2. The molecule has 1 saturated heterocycles. The summed E-state index contributed by atoms with van der Waals surface area (Å²) < 4.78 is 1.65. The van der Waals surface area contributed by atoms with E-state index in [9.17, 15) is 4.79 Å². The molecule has 0 aliphatic carbocycles. The standard InChI is InChI=1S/C15H20BrN3OS/c1-15(2,3)19-7-5-4-6-10(19)13-17-9-8-11(16)21-12(9)14(20)18-13/h8,10H,4-7H2,1-3H3,(H,17,18,20)/t10-/m0/s1. The van der Waals surface area contributed by atoms with E-state index in [4.69, 9.17) is 4.98 Å². The zero-order chi connectivity index (χ0) is 15.2. The molecule has 1 aliphatic rings. The number of fused-ring (bicyclic) bond motifs is 1. The molecule has 0 unspecified atom stereocenters. The summed E-state index contributed by atoms with van der Waals surface area (Å²) in [4.78, 5) is 22.5. The van der Waals surface area contributed by atoms with E-state index < -0.39 is 0 Å². The predicted molar refractivity (Wildman–Crippen MR) is 91.0 cm³/mol. The summed E-state index contributed by atoms with van der Waals surface area (Å²) in [5.41, 5.74) is 0.851. The molecule has 0 radical (unpaired) electrons. The highest BCUT2D eigenvalue weighted by molar-refractivity contribution is 9.11. The molecule has 2 aromatic rings. The van der Waals surface area contributed by atoms with Gasteiger partial charge in [-0.25, -0.2) is 4.98 Å². The van der Waals surface area contributed by atoms with Crippen LogP contribution in [0.3, 0.4) is 0 Å². The van der Waals surface area contributed by atoms with Gasteiger partial charge in [0.05, 0.1) is 15.3 Å². The lowest BCUT2D eigenvalue weighted by atomic mass is 9.94.